The van der Waals surface area contributed by atoms with Crippen molar-refractivity contribution in [2.45, 2.75) is 25.7 Å². The number of phenols is 2. The minimum Gasteiger partial charge on any atom is -0.507 e. The van der Waals surface area contributed by atoms with Crippen molar-refractivity contribution in [2.75, 3.05) is 13.1 Å². The van der Waals surface area contributed by atoms with Gasteiger partial charge in [-0.3, -0.25) is 9.98 Å². The maximum Gasteiger partial charge on any atom is 0.124 e. The van der Waals surface area contributed by atoms with Gasteiger partial charge in [-0.25, -0.2) is 0 Å². The first-order chi connectivity index (χ1) is 16.7. The first kappa shape index (κ1) is 22.1. The van der Waals surface area contributed by atoms with Gasteiger partial charge in [-0.2, -0.15) is 0 Å². The Morgan fingerprint density at radius 3 is 1.44 bits per heavy atom. The molecule has 1 fully saturated rings. The molecule has 4 heteroatoms. The summed E-state index contributed by atoms with van der Waals surface area (Å²) in [7, 11) is 0. The fraction of sp³-hybridized carbons (Fsp3) is 0.267. The molecule has 0 aliphatic heterocycles. The third-order valence-electron chi connectivity index (χ3n) is 7.03. The van der Waals surface area contributed by atoms with Gasteiger partial charge in [0.25, 0.3) is 0 Å². The minimum absolute atomic E-state index is 0.279. The summed E-state index contributed by atoms with van der Waals surface area (Å²) < 4.78 is 0. The van der Waals surface area contributed by atoms with E-state index in [1.54, 1.807) is 12.1 Å². The molecule has 4 aromatic carbocycles. The Hall–Kier alpha value is -3.66. The summed E-state index contributed by atoms with van der Waals surface area (Å²) >= 11 is 0. The van der Waals surface area contributed by atoms with Gasteiger partial charge in [0.15, 0.2) is 0 Å². The van der Waals surface area contributed by atoms with E-state index in [1.165, 1.54) is 0 Å². The maximum absolute atomic E-state index is 10.3. The molecule has 0 atom stereocenters. The van der Waals surface area contributed by atoms with Crippen molar-refractivity contribution in [2.24, 2.45) is 21.8 Å². The van der Waals surface area contributed by atoms with Crippen molar-refractivity contribution in [3.05, 3.63) is 83.9 Å². The molecule has 0 amide bonds. The highest BCUT2D eigenvalue weighted by atomic mass is 16.3. The van der Waals surface area contributed by atoms with E-state index in [2.05, 4.69) is 12.1 Å². The van der Waals surface area contributed by atoms with Crippen molar-refractivity contribution >= 4 is 34.0 Å². The Balaban J connectivity index is 1.15. The van der Waals surface area contributed by atoms with Crippen LogP contribution in [0.15, 0.2) is 82.8 Å². The molecule has 0 radical (unpaired) electrons. The topological polar surface area (TPSA) is 65.2 Å². The van der Waals surface area contributed by atoms with Gasteiger partial charge in [0.05, 0.1) is 0 Å². The van der Waals surface area contributed by atoms with E-state index < -0.39 is 0 Å². The molecular formula is C30H30N2O2. The van der Waals surface area contributed by atoms with E-state index in [4.69, 9.17) is 9.98 Å². The number of rotatable bonds is 6. The monoisotopic (exact) mass is 450 g/mol. The van der Waals surface area contributed by atoms with Crippen molar-refractivity contribution in [1.82, 2.24) is 0 Å². The van der Waals surface area contributed by atoms with Crippen molar-refractivity contribution in [3.63, 3.8) is 0 Å². The first-order valence-electron chi connectivity index (χ1n) is 12.1. The fourth-order valence-corrected chi connectivity index (χ4v) is 5.02. The summed E-state index contributed by atoms with van der Waals surface area (Å²) in [5, 5.41) is 24.9. The van der Waals surface area contributed by atoms with Crippen LogP contribution in [0.4, 0.5) is 0 Å². The summed E-state index contributed by atoms with van der Waals surface area (Å²) in [4.78, 5) is 9.40. The fourth-order valence-electron chi connectivity index (χ4n) is 5.02. The van der Waals surface area contributed by atoms with E-state index in [0.29, 0.717) is 11.8 Å². The average Bonchev–Trinajstić information content (AvgIpc) is 2.87. The molecule has 0 saturated heterocycles. The largest absolute Gasteiger partial charge is 0.507 e. The quantitative estimate of drug-likeness (QED) is 0.319. The average molecular weight is 451 g/mol. The van der Waals surface area contributed by atoms with Gasteiger partial charge in [-0.05, 0) is 71.2 Å². The summed E-state index contributed by atoms with van der Waals surface area (Å²) in [6, 6.07) is 23.5. The molecule has 0 heterocycles. The number of benzene rings is 4. The van der Waals surface area contributed by atoms with Crippen LogP contribution in [-0.4, -0.2) is 35.7 Å². The Morgan fingerprint density at radius 1 is 0.588 bits per heavy atom. The highest BCUT2D eigenvalue weighted by molar-refractivity contribution is 6.03. The number of nitrogens with zero attached hydrogens (tertiary/aromatic N) is 2. The van der Waals surface area contributed by atoms with Gasteiger partial charge in [-0.15, -0.1) is 0 Å². The highest BCUT2D eigenvalue weighted by Gasteiger charge is 2.20. The van der Waals surface area contributed by atoms with E-state index >= 15 is 0 Å². The molecule has 1 aliphatic carbocycles. The smallest absolute Gasteiger partial charge is 0.124 e. The van der Waals surface area contributed by atoms with Crippen LogP contribution >= 0.6 is 0 Å². The number of fused-ring (bicyclic) bond motifs is 2. The zero-order valence-electron chi connectivity index (χ0n) is 19.3. The lowest BCUT2D eigenvalue weighted by Crippen LogP contribution is -2.18. The molecule has 0 aromatic heterocycles. The van der Waals surface area contributed by atoms with Gasteiger partial charge in [0, 0.05) is 36.6 Å². The molecule has 0 bridgehead atoms. The Bertz CT molecular complexity index is 1250. The summed E-state index contributed by atoms with van der Waals surface area (Å²) in [5.41, 5.74) is 1.61. The number of aromatic hydroxyl groups is 2. The van der Waals surface area contributed by atoms with Gasteiger partial charge in [0.2, 0.25) is 0 Å². The number of phenolic OH excluding ortho intramolecular Hbond substituents is 2. The molecule has 4 aromatic rings. The van der Waals surface area contributed by atoms with Crippen LogP contribution in [0, 0.1) is 11.8 Å². The summed E-state index contributed by atoms with van der Waals surface area (Å²) in [6.45, 7) is 1.59. The first-order valence-corrected chi connectivity index (χ1v) is 12.1. The van der Waals surface area contributed by atoms with E-state index in [9.17, 15) is 10.2 Å². The second-order valence-corrected chi connectivity index (χ2v) is 9.31. The SMILES string of the molecule is Oc1ccc2ccccc2c1C=NCC1CCC(CN=Cc2c(O)ccc3ccccc23)CC1. The van der Waals surface area contributed by atoms with Gasteiger partial charge in [0.1, 0.15) is 11.5 Å². The third kappa shape index (κ3) is 4.81. The number of hydrogen-bond donors (Lipinski definition) is 2. The second kappa shape index (κ2) is 10.1. The molecule has 1 aliphatic rings. The van der Waals surface area contributed by atoms with Crippen molar-refractivity contribution < 1.29 is 10.2 Å². The van der Waals surface area contributed by atoms with Crippen LogP contribution in [0.1, 0.15) is 36.8 Å². The zero-order chi connectivity index (χ0) is 23.3. The van der Waals surface area contributed by atoms with Gasteiger partial charge >= 0.3 is 0 Å². The lowest BCUT2D eigenvalue weighted by atomic mass is 9.82. The molecule has 1 saturated carbocycles. The second-order valence-electron chi connectivity index (χ2n) is 9.31. The third-order valence-corrected chi connectivity index (χ3v) is 7.03. The van der Waals surface area contributed by atoms with Crippen LogP contribution in [0.3, 0.4) is 0 Å². The van der Waals surface area contributed by atoms with Crippen LogP contribution in [-0.2, 0) is 0 Å². The lowest BCUT2D eigenvalue weighted by molar-refractivity contribution is 0.286. The van der Waals surface area contributed by atoms with E-state index in [-0.39, 0.29) is 11.5 Å². The molecule has 0 spiro atoms. The lowest BCUT2D eigenvalue weighted by Gasteiger charge is -2.26. The Kier molecular flexibility index (Phi) is 6.57. The molecule has 172 valence electrons. The summed E-state index contributed by atoms with van der Waals surface area (Å²) in [6.07, 6.45) is 8.28. The van der Waals surface area contributed by atoms with Crippen LogP contribution < -0.4 is 0 Å². The molecule has 2 N–H and O–H groups in total. The van der Waals surface area contributed by atoms with Crippen LogP contribution in [0.25, 0.3) is 21.5 Å². The Labute approximate surface area is 200 Å². The molecular weight excluding hydrogens is 420 g/mol. The van der Waals surface area contributed by atoms with Crippen LogP contribution in [0.2, 0.25) is 0 Å². The minimum atomic E-state index is 0.279. The van der Waals surface area contributed by atoms with Crippen molar-refractivity contribution in [3.8, 4) is 11.5 Å². The van der Waals surface area contributed by atoms with E-state index in [1.807, 2.05) is 61.0 Å². The highest BCUT2D eigenvalue weighted by Crippen LogP contribution is 2.30. The Morgan fingerprint density at radius 2 is 1.00 bits per heavy atom. The zero-order valence-corrected chi connectivity index (χ0v) is 19.3. The summed E-state index contributed by atoms with van der Waals surface area (Å²) in [5.74, 6) is 1.72. The van der Waals surface area contributed by atoms with Crippen molar-refractivity contribution in [1.29, 1.82) is 0 Å². The number of hydrogen-bond acceptors (Lipinski definition) is 4. The molecule has 34 heavy (non-hydrogen) atoms. The molecule has 5 rings (SSSR count). The van der Waals surface area contributed by atoms with E-state index in [0.717, 1.165) is 71.4 Å². The van der Waals surface area contributed by atoms with Gasteiger partial charge < -0.3 is 10.2 Å². The normalized spacial score (nSPS) is 18.9. The van der Waals surface area contributed by atoms with Gasteiger partial charge in [-0.1, -0.05) is 60.7 Å². The van der Waals surface area contributed by atoms with Crippen LogP contribution in [0.5, 0.6) is 11.5 Å². The predicted molar refractivity (Wildman–Crippen MR) is 142 cm³/mol. The number of aliphatic imine (C=N–C) groups is 2. The molecule has 4 nitrogen and oxygen atoms in total. The predicted octanol–water partition coefficient (Wildman–Crippen LogP) is 6.75. The standard InChI is InChI=1S/C30H30N2O2/c33-29-15-13-23-5-1-3-7-25(23)27(29)19-31-17-21-9-11-22(12-10-21)18-32-20-28-26-8-4-2-6-24(26)14-16-30(28)34/h1-8,13-16,19-22,33-34H,9-12,17-18H2. The molecule has 0 unspecified atom stereocenters. The maximum atomic E-state index is 10.3.